The topological polar surface area (TPSA) is 70.4 Å². The number of hydrogen-bond donors (Lipinski definition) is 0. The van der Waals surface area contributed by atoms with Gasteiger partial charge in [-0.1, -0.05) is 27.2 Å². The van der Waals surface area contributed by atoms with Crippen LogP contribution in [0, 0.1) is 30.5 Å². The number of rotatable bonds is 6. The van der Waals surface area contributed by atoms with Crippen LogP contribution in [0.4, 0.5) is 4.39 Å². The maximum atomic E-state index is 13.3. The van der Waals surface area contributed by atoms with Gasteiger partial charge in [-0.2, -0.15) is 5.10 Å². The van der Waals surface area contributed by atoms with Crippen LogP contribution in [0.25, 0.3) is 15.9 Å². The van der Waals surface area contributed by atoms with Gasteiger partial charge < -0.3 is 9.47 Å². The summed E-state index contributed by atoms with van der Waals surface area (Å²) in [4.78, 5) is 26.2. The predicted octanol–water partition coefficient (Wildman–Crippen LogP) is 5.70. The number of fused-ring (bicyclic) bond motifs is 1. The molecule has 8 heteroatoms. The molecule has 1 fully saturated rings. The second-order valence-electron chi connectivity index (χ2n) is 9.23. The SMILES string of the molecule is Cc1nn(-c2ccc(F)cc2)c2sc(C(=O)OCC(=O)O[C@@H]3C[C@H](C)CC[C@@H]3C(C)C)cc12. The summed E-state index contributed by atoms with van der Waals surface area (Å²) in [6.45, 7) is 7.91. The van der Waals surface area contributed by atoms with Gasteiger partial charge in [-0.15, -0.1) is 11.3 Å². The Labute approximate surface area is 196 Å². The van der Waals surface area contributed by atoms with Crippen molar-refractivity contribution in [3.63, 3.8) is 0 Å². The molecule has 1 saturated carbocycles. The monoisotopic (exact) mass is 472 g/mol. The molecular formula is C25H29FN2O4S. The van der Waals surface area contributed by atoms with Gasteiger partial charge in [-0.05, 0) is 67.9 Å². The Morgan fingerprint density at radius 3 is 2.67 bits per heavy atom. The van der Waals surface area contributed by atoms with Crippen molar-refractivity contribution in [3.05, 3.63) is 46.7 Å². The summed E-state index contributed by atoms with van der Waals surface area (Å²) in [5, 5.41) is 5.31. The number of ether oxygens (including phenoxy) is 2. The van der Waals surface area contributed by atoms with E-state index in [1.165, 1.54) is 23.5 Å². The summed E-state index contributed by atoms with van der Waals surface area (Å²) in [7, 11) is 0. The van der Waals surface area contributed by atoms with Gasteiger partial charge in [0.25, 0.3) is 0 Å². The molecule has 33 heavy (non-hydrogen) atoms. The minimum atomic E-state index is -0.573. The lowest BCUT2D eigenvalue weighted by Crippen LogP contribution is -2.36. The summed E-state index contributed by atoms with van der Waals surface area (Å²) in [6, 6.07) is 7.71. The highest BCUT2D eigenvalue weighted by Gasteiger charge is 2.33. The first-order valence-electron chi connectivity index (χ1n) is 11.3. The number of benzene rings is 1. The van der Waals surface area contributed by atoms with Gasteiger partial charge in [0.05, 0.1) is 11.4 Å². The van der Waals surface area contributed by atoms with Crippen LogP contribution >= 0.6 is 11.3 Å². The summed E-state index contributed by atoms with van der Waals surface area (Å²) >= 11 is 1.22. The average molecular weight is 473 g/mol. The van der Waals surface area contributed by atoms with Crippen molar-refractivity contribution in [2.45, 2.75) is 53.1 Å². The summed E-state index contributed by atoms with van der Waals surface area (Å²) in [6.07, 6.45) is 2.90. The molecule has 6 nitrogen and oxygen atoms in total. The lowest BCUT2D eigenvalue weighted by Gasteiger charge is -2.36. The van der Waals surface area contributed by atoms with Crippen LogP contribution in [0.15, 0.2) is 30.3 Å². The van der Waals surface area contributed by atoms with E-state index in [9.17, 15) is 14.0 Å². The van der Waals surface area contributed by atoms with Crippen LogP contribution in [0.3, 0.4) is 0 Å². The number of esters is 2. The van der Waals surface area contributed by atoms with Gasteiger partial charge in [0.1, 0.15) is 21.6 Å². The van der Waals surface area contributed by atoms with E-state index in [1.54, 1.807) is 22.9 Å². The number of aromatic nitrogens is 2. The smallest absolute Gasteiger partial charge is 0.348 e. The molecule has 0 amide bonds. The predicted molar refractivity (Wildman–Crippen MR) is 125 cm³/mol. The lowest BCUT2D eigenvalue weighted by molar-refractivity contribution is -0.159. The van der Waals surface area contributed by atoms with Crippen molar-refractivity contribution >= 4 is 33.5 Å². The molecule has 0 spiro atoms. The normalized spacial score (nSPS) is 20.8. The number of hydrogen-bond acceptors (Lipinski definition) is 6. The van der Waals surface area contributed by atoms with E-state index in [0.717, 1.165) is 35.2 Å². The summed E-state index contributed by atoms with van der Waals surface area (Å²) in [5.41, 5.74) is 1.44. The van der Waals surface area contributed by atoms with Gasteiger partial charge in [0, 0.05) is 5.39 Å². The molecule has 0 unspecified atom stereocenters. The van der Waals surface area contributed by atoms with Gasteiger partial charge in [0.15, 0.2) is 6.61 Å². The molecule has 2 aromatic heterocycles. The maximum Gasteiger partial charge on any atom is 0.348 e. The van der Waals surface area contributed by atoms with Crippen molar-refractivity contribution in [1.82, 2.24) is 9.78 Å². The Morgan fingerprint density at radius 2 is 1.97 bits per heavy atom. The Balaban J connectivity index is 1.42. The van der Waals surface area contributed by atoms with E-state index < -0.39 is 18.5 Å². The van der Waals surface area contributed by atoms with Crippen LogP contribution < -0.4 is 0 Å². The van der Waals surface area contributed by atoms with Crippen molar-refractivity contribution in [1.29, 1.82) is 0 Å². The minimum Gasteiger partial charge on any atom is -0.460 e. The summed E-state index contributed by atoms with van der Waals surface area (Å²) < 4.78 is 25.9. The van der Waals surface area contributed by atoms with E-state index in [2.05, 4.69) is 25.9 Å². The molecule has 3 atom stereocenters. The van der Waals surface area contributed by atoms with Crippen molar-refractivity contribution in [2.24, 2.45) is 17.8 Å². The third-order valence-corrected chi connectivity index (χ3v) is 7.47. The molecule has 2 heterocycles. The molecule has 0 bridgehead atoms. The number of carbonyl (C=O) groups is 2. The second kappa shape index (κ2) is 9.63. The number of aryl methyl sites for hydroxylation is 1. The first kappa shape index (κ1) is 23.4. The van der Waals surface area contributed by atoms with Crippen LogP contribution in [-0.4, -0.2) is 34.4 Å². The van der Waals surface area contributed by atoms with Gasteiger partial charge >= 0.3 is 11.9 Å². The van der Waals surface area contributed by atoms with Crippen LogP contribution in [0.5, 0.6) is 0 Å². The van der Waals surface area contributed by atoms with Gasteiger partial charge in [0.2, 0.25) is 0 Å². The van der Waals surface area contributed by atoms with Crippen LogP contribution in [0.1, 0.15) is 55.4 Å². The Hall–Kier alpha value is -2.74. The number of nitrogens with zero attached hydrogens (tertiary/aromatic N) is 2. The fraction of sp³-hybridized carbons (Fsp3) is 0.480. The minimum absolute atomic E-state index is 0.131. The fourth-order valence-electron chi connectivity index (χ4n) is 4.55. The standard InChI is InChI=1S/C25H29FN2O4S/c1-14(2)19-10-5-15(3)11-21(19)32-23(29)13-31-25(30)22-12-20-16(4)27-28(24(20)33-22)18-8-6-17(26)7-9-18/h6-9,12,14-15,19,21H,5,10-11,13H2,1-4H3/t15-,19-,21-/m1/s1. The molecule has 0 aliphatic heterocycles. The molecule has 176 valence electrons. The van der Waals surface area contributed by atoms with E-state index in [4.69, 9.17) is 9.47 Å². The van der Waals surface area contributed by atoms with Gasteiger partial charge in [-0.25, -0.2) is 18.7 Å². The Bertz CT molecular complexity index is 1150. The third-order valence-electron chi connectivity index (χ3n) is 6.38. The highest BCUT2D eigenvalue weighted by Crippen LogP contribution is 2.35. The van der Waals surface area contributed by atoms with Crippen molar-refractivity contribution < 1.29 is 23.5 Å². The van der Waals surface area contributed by atoms with E-state index in [0.29, 0.717) is 28.3 Å². The quantitative estimate of drug-likeness (QED) is 0.431. The molecule has 4 rings (SSSR count). The molecule has 1 aliphatic carbocycles. The Kier molecular flexibility index (Phi) is 6.83. The number of halogens is 1. The zero-order valence-electron chi connectivity index (χ0n) is 19.3. The van der Waals surface area contributed by atoms with Crippen LogP contribution in [0.2, 0.25) is 0 Å². The average Bonchev–Trinajstić information content (AvgIpc) is 3.33. The molecule has 1 aromatic carbocycles. The van der Waals surface area contributed by atoms with Crippen LogP contribution in [-0.2, 0) is 14.3 Å². The molecule has 0 radical (unpaired) electrons. The van der Waals surface area contributed by atoms with Crippen molar-refractivity contribution in [2.75, 3.05) is 6.61 Å². The van der Waals surface area contributed by atoms with E-state index in [-0.39, 0.29) is 11.9 Å². The van der Waals surface area contributed by atoms with Gasteiger partial charge in [-0.3, -0.25) is 0 Å². The first-order valence-corrected chi connectivity index (χ1v) is 12.2. The van der Waals surface area contributed by atoms with E-state index >= 15 is 0 Å². The number of carbonyl (C=O) groups excluding carboxylic acids is 2. The fourth-order valence-corrected chi connectivity index (χ4v) is 5.63. The molecule has 0 N–H and O–H groups in total. The molecular weight excluding hydrogens is 443 g/mol. The first-order chi connectivity index (χ1) is 15.7. The molecule has 0 saturated heterocycles. The largest absolute Gasteiger partial charge is 0.460 e. The number of thiophene rings is 1. The highest BCUT2D eigenvalue weighted by atomic mass is 32.1. The van der Waals surface area contributed by atoms with E-state index in [1.807, 2.05) is 6.92 Å². The second-order valence-corrected chi connectivity index (χ2v) is 10.3. The zero-order chi connectivity index (χ0) is 23.7. The molecule has 1 aliphatic rings. The van der Waals surface area contributed by atoms with Crippen molar-refractivity contribution in [3.8, 4) is 5.69 Å². The third kappa shape index (κ3) is 5.11. The summed E-state index contributed by atoms with van der Waals surface area (Å²) in [5.74, 6) is -0.133. The highest BCUT2D eigenvalue weighted by molar-refractivity contribution is 7.20. The molecule has 3 aromatic rings. The lowest BCUT2D eigenvalue weighted by atomic mass is 9.75. The maximum absolute atomic E-state index is 13.3. The zero-order valence-corrected chi connectivity index (χ0v) is 20.2. The Morgan fingerprint density at radius 1 is 1.24 bits per heavy atom.